The normalized spacial score (nSPS) is 17.9. The lowest BCUT2D eigenvalue weighted by Crippen LogP contribution is -2.51. The van der Waals surface area contributed by atoms with E-state index < -0.39 is 0 Å². The van der Waals surface area contributed by atoms with E-state index in [-0.39, 0.29) is 11.8 Å². The van der Waals surface area contributed by atoms with E-state index in [0.29, 0.717) is 44.1 Å². The van der Waals surface area contributed by atoms with Crippen LogP contribution >= 0.6 is 0 Å². The number of benzene rings is 3. The minimum absolute atomic E-state index is 0.154. The number of piperazine rings is 1. The first-order valence-electron chi connectivity index (χ1n) is 15.8. The van der Waals surface area contributed by atoms with Gasteiger partial charge in [-0.25, -0.2) is 4.98 Å². The second-order valence-electron chi connectivity index (χ2n) is 11.7. The van der Waals surface area contributed by atoms with Crippen LogP contribution in [0.1, 0.15) is 10.4 Å². The van der Waals surface area contributed by atoms with Crippen molar-refractivity contribution in [1.82, 2.24) is 19.8 Å². The van der Waals surface area contributed by atoms with Crippen LogP contribution in [0.3, 0.4) is 0 Å². The van der Waals surface area contributed by atoms with Crippen LogP contribution in [-0.2, 0) is 14.3 Å². The lowest BCUT2D eigenvalue weighted by molar-refractivity contribution is -0.136. The van der Waals surface area contributed by atoms with E-state index in [1.54, 1.807) is 0 Å². The number of imidazole rings is 1. The molecule has 0 aliphatic carbocycles. The molecule has 0 radical (unpaired) electrons. The molecule has 0 atom stereocenters. The minimum Gasteiger partial charge on any atom is -0.378 e. The summed E-state index contributed by atoms with van der Waals surface area (Å²) in [7, 11) is 0. The number of fused-ring (bicyclic) bond motifs is 1. The number of amides is 2. The van der Waals surface area contributed by atoms with Gasteiger partial charge in [-0.2, -0.15) is 0 Å². The molecule has 3 aromatic carbocycles. The van der Waals surface area contributed by atoms with Crippen molar-refractivity contribution in [2.24, 2.45) is 0 Å². The first-order valence-corrected chi connectivity index (χ1v) is 15.8. The van der Waals surface area contributed by atoms with Crippen molar-refractivity contribution in [1.29, 1.82) is 0 Å². The Balaban J connectivity index is 0.942. The van der Waals surface area contributed by atoms with Crippen molar-refractivity contribution in [3.63, 3.8) is 0 Å². The first-order chi connectivity index (χ1) is 22.1. The lowest BCUT2D eigenvalue weighted by Gasteiger charge is -2.37. The number of aromatic amines is 1. The fourth-order valence-electron chi connectivity index (χ4n) is 6.17. The van der Waals surface area contributed by atoms with Crippen molar-refractivity contribution in [3.8, 4) is 11.4 Å². The Labute approximate surface area is 262 Å². The molecule has 234 valence electrons. The molecule has 0 spiro atoms. The number of nitrogens with zero attached hydrogens (tertiary/aromatic N) is 5. The molecular weight excluding hydrogens is 570 g/mol. The number of hydrogen-bond donors (Lipinski definition) is 2. The van der Waals surface area contributed by atoms with Crippen LogP contribution in [0.5, 0.6) is 0 Å². The zero-order valence-corrected chi connectivity index (χ0v) is 25.4. The molecule has 1 aromatic heterocycles. The van der Waals surface area contributed by atoms with Crippen LogP contribution in [0.4, 0.5) is 17.1 Å². The van der Waals surface area contributed by atoms with Crippen LogP contribution in [0.15, 0.2) is 66.7 Å². The number of morpholine rings is 2. The average molecular weight is 610 g/mol. The molecule has 7 rings (SSSR count). The molecule has 0 saturated carbocycles. The fraction of sp³-hybridized carbons (Fsp3) is 0.382. The summed E-state index contributed by atoms with van der Waals surface area (Å²) < 4.78 is 10.8. The number of ether oxygens (including phenoxy) is 2. The molecule has 3 fully saturated rings. The lowest BCUT2D eigenvalue weighted by atomic mass is 10.1. The van der Waals surface area contributed by atoms with Crippen LogP contribution in [-0.4, -0.2) is 117 Å². The number of carbonyl (C=O) groups excluding carboxylic acids is 2. The van der Waals surface area contributed by atoms with Gasteiger partial charge in [0.1, 0.15) is 5.82 Å². The topological polar surface area (TPSA) is 106 Å². The van der Waals surface area contributed by atoms with E-state index in [2.05, 4.69) is 49.3 Å². The van der Waals surface area contributed by atoms with Crippen molar-refractivity contribution >= 4 is 39.9 Å². The van der Waals surface area contributed by atoms with E-state index in [0.717, 1.165) is 86.3 Å². The summed E-state index contributed by atoms with van der Waals surface area (Å²) in [5.74, 6) is 0.828. The van der Waals surface area contributed by atoms with Gasteiger partial charge in [0, 0.05) is 80.5 Å². The predicted molar refractivity (Wildman–Crippen MR) is 175 cm³/mol. The van der Waals surface area contributed by atoms with Crippen LogP contribution < -0.4 is 15.1 Å². The van der Waals surface area contributed by atoms with E-state index in [9.17, 15) is 9.59 Å². The monoisotopic (exact) mass is 609 g/mol. The molecule has 45 heavy (non-hydrogen) atoms. The second-order valence-corrected chi connectivity index (χ2v) is 11.7. The summed E-state index contributed by atoms with van der Waals surface area (Å²) in [5.41, 5.74) is 6.26. The molecule has 3 saturated heterocycles. The maximum absolute atomic E-state index is 13.0. The average Bonchev–Trinajstić information content (AvgIpc) is 3.53. The number of rotatable bonds is 7. The molecule has 3 aliphatic heterocycles. The van der Waals surface area contributed by atoms with Gasteiger partial charge in [-0.1, -0.05) is 0 Å². The number of H-pyrrole nitrogens is 1. The SMILES string of the molecule is O=C(Nc1ccc2[nH]c(-c3ccc(N4CCN(CC(=O)N5CCOCC5)CC4)cc3)nc2c1)c1ccc(N2CCOCC2)cc1. The smallest absolute Gasteiger partial charge is 0.255 e. The van der Waals surface area contributed by atoms with Crippen LogP contribution in [0.2, 0.25) is 0 Å². The number of hydrogen-bond acceptors (Lipinski definition) is 8. The third kappa shape index (κ3) is 6.80. The van der Waals surface area contributed by atoms with Gasteiger partial charge in [0.15, 0.2) is 0 Å². The summed E-state index contributed by atoms with van der Waals surface area (Å²) >= 11 is 0. The van der Waals surface area contributed by atoms with Gasteiger partial charge < -0.3 is 34.5 Å². The number of carbonyl (C=O) groups is 2. The number of nitrogens with one attached hydrogen (secondary N) is 2. The van der Waals surface area contributed by atoms with Gasteiger partial charge in [0.05, 0.1) is 44.0 Å². The minimum atomic E-state index is -0.154. The molecule has 2 N–H and O–H groups in total. The molecule has 0 unspecified atom stereocenters. The van der Waals surface area contributed by atoms with E-state index in [1.807, 2.05) is 47.4 Å². The molecule has 11 nitrogen and oxygen atoms in total. The van der Waals surface area contributed by atoms with E-state index in [4.69, 9.17) is 14.5 Å². The maximum atomic E-state index is 13.0. The maximum Gasteiger partial charge on any atom is 0.255 e. The molecule has 4 aromatic rings. The third-order valence-corrected chi connectivity index (χ3v) is 8.85. The Hall–Kier alpha value is -4.45. The van der Waals surface area contributed by atoms with E-state index in [1.165, 1.54) is 0 Å². The summed E-state index contributed by atoms with van der Waals surface area (Å²) in [5, 5.41) is 3.01. The summed E-state index contributed by atoms with van der Waals surface area (Å²) in [4.78, 5) is 42.6. The Morgan fingerprint density at radius 1 is 0.733 bits per heavy atom. The van der Waals surface area contributed by atoms with Gasteiger partial charge in [-0.3, -0.25) is 14.5 Å². The van der Waals surface area contributed by atoms with Crippen molar-refractivity contribution in [2.75, 3.05) is 100 Å². The summed E-state index contributed by atoms with van der Waals surface area (Å²) in [6.07, 6.45) is 0. The van der Waals surface area contributed by atoms with Gasteiger partial charge in [-0.15, -0.1) is 0 Å². The quantitative estimate of drug-likeness (QED) is 0.329. The van der Waals surface area contributed by atoms with Crippen molar-refractivity contribution in [3.05, 3.63) is 72.3 Å². The highest BCUT2D eigenvalue weighted by molar-refractivity contribution is 6.05. The highest BCUT2D eigenvalue weighted by Crippen LogP contribution is 2.26. The third-order valence-electron chi connectivity index (χ3n) is 8.85. The Bertz CT molecular complexity index is 1620. The molecule has 0 bridgehead atoms. The fourth-order valence-corrected chi connectivity index (χ4v) is 6.17. The van der Waals surface area contributed by atoms with Crippen molar-refractivity contribution in [2.45, 2.75) is 0 Å². The van der Waals surface area contributed by atoms with Crippen molar-refractivity contribution < 1.29 is 19.1 Å². The number of aromatic nitrogens is 2. The standard InChI is InChI=1S/C34H39N7O4/c42-32(41-17-21-45-22-18-41)24-38-11-13-39(14-12-38)28-6-1-25(2-7-28)33-36-30-10-5-27(23-31(30)37-33)35-34(43)26-3-8-29(9-4-26)40-15-19-44-20-16-40/h1-10,23H,11-22,24H2,(H,35,43)(H,36,37). The van der Waals surface area contributed by atoms with E-state index >= 15 is 0 Å². The Kier molecular flexibility index (Phi) is 8.63. The molecular formula is C34H39N7O4. The Morgan fingerprint density at radius 3 is 2.04 bits per heavy atom. The zero-order chi connectivity index (χ0) is 30.6. The second kappa shape index (κ2) is 13.3. The highest BCUT2D eigenvalue weighted by atomic mass is 16.5. The van der Waals surface area contributed by atoms with Gasteiger partial charge in [0.25, 0.3) is 5.91 Å². The summed E-state index contributed by atoms with van der Waals surface area (Å²) in [6, 6.07) is 21.9. The summed E-state index contributed by atoms with van der Waals surface area (Å²) in [6.45, 7) is 9.79. The number of anilines is 3. The van der Waals surface area contributed by atoms with Gasteiger partial charge in [-0.05, 0) is 66.7 Å². The Morgan fingerprint density at radius 2 is 1.36 bits per heavy atom. The molecule has 11 heteroatoms. The molecule has 4 heterocycles. The predicted octanol–water partition coefficient (Wildman–Crippen LogP) is 3.30. The van der Waals surface area contributed by atoms with Gasteiger partial charge >= 0.3 is 0 Å². The highest BCUT2D eigenvalue weighted by Gasteiger charge is 2.23. The molecule has 3 aliphatic rings. The zero-order valence-electron chi connectivity index (χ0n) is 25.4. The first kappa shape index (κ1) is 29.3. The van der Waals surface area contributed by atoms with Crippen LogP contribution in [0, 0.1) is 0 Å². The van der Waals surface area contributed by atoms with Crippen LogP contribution in [0.25, 0.3) is 22.4 Å². The van der Waals surface area contributed by atoms with Gasteiger partial charge in [0.2, 0.25) is 5.91 Å². The largest absolute Gasteiger partial charge is 0.378 e. The molecule has 2 amide bonds.